The van der Waals surface area contributed by atoms with Gasteiger partial charge in [0.15, 0.2) is 0 Å². The number of halogens is 1. The molecule has 3 nitrogen and oxygen atoms in total. The molecule has 0 aliphatic carbocycles. The molecular weight excluding hydrogens is 207 g/mol. The highest BCUT2D eigenvalue weighted by Crippen LogP contribution is 2.17. The number of nitrogens with two attached hydrogens (primary N) is 1. The Kier molecular flexibility index (Phi) is 4.86. The third kappa shape index (κ3) is 3.56. The van der Waals surface area contributed by atoms with Crippen LogP contribution in [-0.4, -0.2) is 12.7 Å². The molecule has 1 aromatic rings. The molecule has 0 aliphatic rings. The Hall–Kier alpha value is -0.970. The van der Waals surface area contributed by atoms with Crippen LogP contribution in [0.3, 0.4) is 0 Å². The summed E-state index contributed by atoms with van der Waals surface area (Å²) < 4.78 is 18.6. The Morgan fingerprint density at radius 1 is 1.44 bits per heavy atom. The molecule has 0 amide bonds. The van der Waals surface area contributed by atoms with E-state index in [-0.39, 0.29) is 18.0 Å². The van der Waals surface area contributed by atoms with E-state index in [9.17, 15) is 4.39 Å². The van der Waals surface area contributed by atoms with Crippen LogP contribution in [0.5, 0.6) is 0 Å². The highest BCUT2D eigenvalue weighted by molar-refractivity contribution is 5.26. The van der Waals surface area contributed by atoms with Crippen molar-refractivity contribution >= 4 is 0 Å². The summed E-state index contributed by atoms with van der Waals surface area (Å²) in [6.07, 6.45) is 0.150. The summed E-state index contributed by atoms with van der Waals surface area (Å²) in [5.41, 5.74) is 4.22. The standard InChI is InChI=1S/C12H19FN2O/c1-8(2)16-7-12(15-14)10-4-5-11(13)9(3)6-10/h4-6,8,12,15H,7,14H2,1-3H3. The lowest BCUT2D eigenvalue weighted by atomic mass is 10.1. The lowest BCUT2D eigenvalue weighted by Gasteiger charge is -2.18. The molecule has 0 fully saturated rings. The maximum absolute atomic E-state index is 13.1. The maximum Gasteiger partial charge on any atom is 0.126 e. The van der Waals surface area contributed by atoms with E-state index in [1.54, 1.807) is 19.1 Å². The molecule has 90 valence electrons. The minimum Gasteiger partial charge on any atom is -0.377 e. The predicted molar refractivity (Wildman–Crippen MR) is 62.3 cm³/mol. The van der Waals surface area contributed by atoms with Gasteiger partial charge in [-0.25, -0.2) is 4.39 Å². The van der Waals surface area contributed by atoms with Crippen LogP contribution in [0.25, 0.3) is 0 Å². The summed E-state index contributed by atoms with van der Waals surface area (Å²) in [5.74, 6) is 5.25. The monoisotopic (exact) mass is 226 g/mol. The summed E-state index contributed by atoms with van der Waals surface area (Å²) >= 11 is 0. The molecule has 0 aromatic heterocycles. The number of ether oxygens (including phenoxy) is 1. The first-order chi connectivity index (χ1) is 7.54. The SMILES string of the molecule is Cc1cc(C(COC(C)C)NN)ccc1F. The number of hydrogen-bond acceptors (Lipinski definition) is 3. The van der Waals surface area contributed by atoms with Gasteiger partial charge in [0.25, 0.3) is 0 Å². The van der Waals surface area contributed by atoms with E-state index < -0.39 is 0 Å². The van der Waals surface area contributed by atoms with Gasteiger partial charge in [-0.2, -0.15) is 0 Å². The second kappa shape index (κ2) is 5.94. The molecule has 3 N–H and O–H groups in total. The summed E-state index contributed by atoms with van der Waals surface area (Å²) in [6.45, 7) is 6.13. The van der Waals surface area contributed by atoms with Gasteiger partial charge in [-0.15, -0.1) is 0 Å². The minimum absolute atomic E-state index is 0.110. The van der Waals surface area contributed by atoms with Crippen molar-refractivity contribution in [3.63, 3.8) is 0 Å². The number of rotatable bonds is 5. The number of hydrogen-bond donors (Lipinski definition) is 2. The quantitative estimate of drug-likeness (QED) is 0.597. The van der Waals surface area contributed by atoms with Crippen molar-refractivity contribution in [1.82, 2.24) is 5.43 Å². The summed E-state index contributed by atoms with van der Waals surface area (Å²) in [6, 6.07) is 4.84. The van der Waals surface area contributed by atoms with Crippen molar-refractivity contribution in [3.8, 4) is 0 Å². The van der Waals surface area contributed by atoms with Crippen molar-refractivity contribution in [1.29, 1.82) is 0 Å². The predicted octanol–water partition coefficient (Wildman–Crippen LogP) is 2.06. The van der Waals surface area contributed by atoms with Gasteiger partial charge in [-0.05, 0) is 38.0 Å². The highest BCUT2D eigenvalue weighted by Gasteiger charge is 2.11. The average molecular weight is 226 g/mol. The van der Waals surface area contributed by atoms with Crippen LogP contribution >= 0.6 is 0 Å². The van der Waals surface area contributed by atoms with Crippen molar-refractivity contribution in [2.75, 3.05) is 6.61 Å². The Morgan fingerprint density at radius 3 is 2.62 bits per heavy atom. The van der Waals surface area contributed by atoms with Gasteiger partial charge in [0.05, 0.1) is 18.8 Å². The molecule has 0 saturated carbocycles. The van der Waals surface area contributed by atoms with Gasteiger partial charge in [0.2, 0.25) is 0 Å². The topological polar surface area (TPSA) is 47.3 Å². The second-order valence-electron chi connectivity index (χ2n) is 4.11. The van der Waals surface area contributed by atoms with E-state index in [4.69, 9.17) is 10.6 Å². The summed E-state index contributed by atoms with van der Waals surface area (Å²) in [7, 11) is 0. The van der Waals surface area contributed by atoms with Gasteiger partial charge in [0, 0.05) is 0 Å². The number of hydrazine groups is 1. The average Bonchev–Trinajstić information content (AvgIpc) is 2.23. The molecule has 16 heavy (non-hydrogen) atoms. The molecule has 0 spiro atoms. The smallest absolute Gasteiger partial charge is 0.126 e. The number of aryl methyl sites for hydroxylation is 1. The minimum atomic E-state index is -0.204. The van der Waals surface area contributed by atoms with Crippen molar-refractivity contribution in [3.05, 3.63) is 35.1 Å². The van der Waals surface area contributed by atoms with E-state index in [0.29, 0.717) is 12.2 Å². The molecule has 1 aromatic carbocycles. The van der Waals surface area contributed by atoms with Gasteiger partial charge in [-0.1, -0.05) is 12.1 Å². The van der Waals surface area contributed by atoms with Crippen LogP contribution in [0.4, 0.5) is 4.39 Å². The zero-order valence-electron chi connectivity index (χ0n) is 9.96. The summed E-state index contributed by atoms with van der Waals surface area (Å²) in [5, 5.41) is 0. The third-order valence-electron chi connectivity index (χ3n) is 2.38. The maximum atomic E-state index is 13.1. The van der Waals surface area contributed by atoms with Gasteiger partial charge in [-0.3, -0.25) is 11.3 Å². The molecule has 0 heterocycles. The zero-order chi connectivity index (χ0) is 12.1. The first kappa shape index (κ1) is 13.1. The Labute approximate surface area is 95.8 Å². The first-order valence-electron chi connectivity index (χ1n) is 5.38. The zero-order valence-corrected chi connectivity index (χ0v) is 9.96. The fourth-order valence-electron chi connectivity index (χ4n) is 1.41. The molecule has 1 rings (SSSR count). The molecule has 0 radical (unpaired) electrons. The number of nitrogens with one attached hydrogen (secondary N) is 1. The lowest BCUT2D eigenvalue weighted by Crippen LogP contribution is -2.32. The van der Waals surface area contributed by atoms with E-state index in [1.165, 1.54) is 6.07 Å². The second-order valence-corrected chi connectivity index (χ2v) is 4.11. The van der Waals surface area contributed by atoms with Crippen molar-refractivity contribution in [2.45, 2.75) is 32.9 Å². The van der Waals surface area contributed by atoms with E-state index in [2.05, 4.69) is 5.43 Å². The number of benzene rings is 1. The van der Waals surface area contributed by atoms with Crippen LogP contribution in [0, 0.1) is 12.7 Å². The molecule has 4 heteroatoms. The van der Waals surface area contributed by atoms with E-state index in [1.807, 2.05) is 13.8 Å². The first-order valence-corrected chi connectivity index (χ1v) is 5.38. The largest absolute Gasteiger partial charge is 0.377 e. The summed E-state index contributed by atoms with van der Waals surface area (Å²) in [4.78, 5) is 0. The Morgan fingerprint density at radius 2 is 2.12 bits per heavy atom. The van der Waals surface area contributed by atoms with Crippen LogP contribution in [-0.2, 0) is 4.74 Å². The fraction of sp³-hybridized carbons (Fsp3) is 0.500. The van der Waals surface area contributed by atoms with Crippen LogP contribution in [0.1, 0.15) is 31.0 Å². The van der Waals surface area contributed by atoms with E-state index >= 15 is 0 Å². The van der Waals surface area contributed by atoms with E-state index in [0.717, 1.165) is 5.56 Å². The molecule has 0 saturated heterocycles. The van der Waals surface area contributed by atoms with Crippen molar-refractivity contribution < 1.29 is 9.13 Å². The fourth-order valence-corrected chi connectivity index (χ4v) is 1.41. The molecular formula is C12H19FN2O. The van der Waals surface area contributed by atoms with Crippen molar-refractivity contribution in [2.24, 2.45) is 5.84 Å². The highest BCUT2D eigenvalue weighted by atomic mass is 19.1. The molecule has 1 unspecified atom stereocenters. The van der Waals surface area contributed by atoms with Crippen LogP contribution in [0.15, 0.2) is 18.2 Å². The normalized spacial score (nSPS) is 13.1. The Bertz CT molecular complexity index is 342. The molecule has 1 atom stereocenters. The van der Waals surface area contributed by atoms with Gasteiger partial charge in [0.1, 0.15) is 5.82 Å². The van der Waals surface area contributed by atoms with Crippen LogP contribution < -0.4 is 11.3 Å². The molecule has 0 bridgehead atoms. The lowest BCUT2D eigenvalue weighted by molar-refractivity contribution is 0.0611. The van der Waals surface area contributed by atoms with Gasteiger partial charge < -0.3 is 4.74 Å². The van der Waals surface area contributed by atoms with Crippen LogP contribution in [0.2, 0.25) is 0 Å². The van der Waals surface area contributed by atoms with Gasteiger partial charge >= 0.3 is 0 Å². The Balaban J connectivity index is 2.74. The molecule has 0 aliphatic heterocycles. The third-order valence-corrected chi connectivity index (χ3v) is 2.38.